The van der Waals surface area contributed by atoms with E-state index in [1.807, 2.05) is 0 Å². The maximum absolute atomic E-state index is 13.3. The molecular weight excluding hydrogens is 509 g/mol. The number of phenolic OH excluding ortho intramolecular Hbond substituents is 1. The van der Waals surface area contributed by atoms with Crippen LogP contribution in [0.15, 0.2) is 64.5 Å². The lowest BCUT2D eigenvalue weighted by molar-refractivity contribution is -0.139. The number of aromatic hydroxyl groups is 1. The van der Waals surface area contributed by atoms with Gasteiger partial charge >= 0.3 is 12.1 Å². The van der Waals surface area contributed by atoms with Gasteiger partial charge in [0.25, 0.3) is 0 Å². The first-order valence-electron chi connectivity index (χ1n) is 11.1. The molecule has 0 aliphatic rings. The highest BCUT2D eigenvalue weighted by Gasteiger charge is 2.31. The molecule has 0 aliphatic carbocycles. The van der Waals surface area contributed by atoms with Gasteiger partial charge in [-0.15, -0.1) is 0 Å². The molecular formula is C26H23F3N2O5S. The topological polar surface area (TPSA) is 133 Å². The lowest BCUT2D eigenvalue weighted by atomic mass is 9.89. The molecule has 4 rings (SSSR count). The Hall–Kier alpha value is -3.83. The molecule has 37 heavy (non-hydrogen) atoms. The molecule has 1 heterocycles. The van der Waals surface area contributed by atoms with E-state index in [0.29, 0.717) is 45.5 Å². The Morgan fingerprint density at radius 1 is 1.08 bits per heavy atom. The first-order valence-corrected chi connectivity index (χ1v) is 12.5. The van der Waals surface area contributed by atoms with Crippen molar-refractivity contribution in [1.29, 1.82) is 0 Å². The largest absolute Gasteiger partial charge is 0.507 e. The second-order valence-corrected chi connectivity index (χ2v) is 10.7. The standard InChI is InChI=1S/C26H23F3N2O5S/c1-13-9-16(11-20(30)25(33)34)23(14(2)24(13)32)15-3-8-21-19(10-15)22(12-31-21)37(35,36)18-6-4-17(5-7-18)26(27,28)29/h3-10,12,20,31-32H,11,30H2,1-2H3,(H,33,34)/t20-/m0/s1. The van der Waals surface area contributed by atoms with Crippen molar-refractivity contribution in [2.24, 2.45) is 5.73 Å². The lowest BCUT2D eigenvalue weighted by Crippen LogP contribution is -2.32. The molecule has 0 unspecified atom stereocenters. The van der Waals surface area contributed by atoms with Crippen molar-refractivity contribution in [3.8, 4) is 16.9 Å². The molecule has 1 atom stereocenters. The zero-order chi connectivity index (χ0) is 27.3. The van der Waals surface area contributed by atoms with Crippen molar-refractivity contribution in [1.82, 2.24) is 4.98 Å². The van der Waals surface area contributed by atoms with Gasteiger partial charge in [-0.25, -0.2) is 8.42 Å². The lowest BCUT2D eigenvalue weighted by Gasteiger charge is -2.18. The van der Waals surface area contributed by atoms with E-state index >= 15 is 0 Å². The molecule has 0 aliphatic heterocycles. The van der Waals surface area contributed by atoms with E-state index < -0.39 is 33.6 Å². The summed E-state index contributed by atoms with van der Waals surface area (Å²) in [6, 6.07) is 8.59. The average Bonchev–Trinajstić information content (AvgIpc) is 3.26. The highest BCUT2D eigenvalue weighted by molar-refractivity contribution is 7.91. The summed E-state index contributed by atoms with van der Waals surface area (Å²) in [5.41, 5.74) is 7.86. The van der Waals surface area contributed by atoms with Gasteiger partial charge in [-0.05, 0) is 84.5 Å². The molecule has 0 amide bonds. The van der Waals surface area contributed by atoms with Crippen molar-refractivity contribution < 1.29 is 36.6 Å². The molecule has 5 N–H and O–H groups in total. The van der Waals surface area contributed by atoms with Crippen LogP contribution in [0.5, 0.6) is 5.75 Å². The number of aryl methyl sites for hydroxylation is 1. The number of phenols is 1. The highest BCUT2D eigenvalue weighted by Crippen LogP contribution is 2.39. The zero-order valence-electron chi connectivity index (χ0n) is 19.7. The minimum absolute atomic E-state index is 0.00871. The molecule has 0 radical (unpaired) electrons. The Morgan fingerprint density at radius 3 is 2.32 bits per heavy atom. The number of aliphatic carboxylic acids is 1. The van der Waals surface area contributed by atoms with Gasteiger partial charge in [-0.3, -0.25) is 4.79 Å². The SMILES string of the molecule is Cc1cc(C[C@H](N)C(=O)O)c(-c2ccc3[nH]cc(S(=O)(=O)c4ccc(C(F)(F)F)cc4)c3c2)c(C)c1O. The van der Waals surface area contributed by atoms with Crippen LogP contribution in [0.1, 0.15) is 22.3 Å². The van der Waals surface area contributed by atoms with Crippen molar-refractivity contribution in [2.45, 2.75) is 42.3 Å². The van der Waals surface area contributed by atoms with Crippen molar-refractivity contribution in [3.05, 3.63) is 77.0 Å². The fraction of sp³-hybridized carbons (Fsp3) is 0.192. The number of sulfone groups is 1. The van der Waals surface area contributed by atoms with Gasteiger partial charge in [0.2, 0.25) is 9.84 Å². The number of nitrogens with two attached hydrogens (primary N) is 1. The van der Waals surface area contributed by atoms with Crippen molar-refractivity contribution in [2.75, 3.05) is 0 Å². The number of halogens is 3. The number of aromatic amines is 1. The quantitative estimate of drug-likeness (QED) is 0.277. The number of carboxylic acids is 1. The molecule has 0 spiro atoms. The fourth-order valence-corrected chi connectivity index (χ4v) is 5.79. The number of carboxylic acid groups (broad SMARTS) is 1. The number of fused-ring (bicyclic) bond motifs is 1. The maximum Gasteiger partial charge on any atom is 0.416 e. The average molecular weight is 533 g/mol. The summed E-state index contributed by atoms with van der Waals surface area (Å²) in [7, 11) is -4.19. The first kappa shape index (κ1) is 26.2. The van der Waals surface area contributed by atoms with E-state index in [1.165, 1.54) is 6.20 Å². The number of aromatic nitrogens is 1. The smallest absolute Gasteiger partial charge is 0.416 e. The minimum Gasteiger partial charge on any atom is -0.507 e. The number of nitrogens with one attached hydrogen (secondary N) is 1. The Morgan fingerprint density at radius 2 is 1.73 bits per heavy atom. The first-order chi connectivity index (χ1) is 17.2. The summed E-state index contributed by atoms with van der Waals surface area (Å²) < 4.78 is 65.5. The molecule has 0 saturated heterocycles. The number of benzene rings is 3. The van der Waals surface area contributed by atoms with Crippen molar-refractivity contribution in [3.63, 3.8) is 0 Å². The molecule has 0 fully saturated rings. The third kappa shape index (κ3) is 4.79. The van der Waals surface area contributed by atoms with E-state index in [2.05, 4.69) is 4.98 Å². The van der Waals surface area contributed by atoms with Crippen LogP contribution in [0.25, 0.3) is 22.0 Å². The summed E-state index contributed by atoms with van der Waals surface area (Å²) >= 11 is 0. The van der Waals surface area contributed by atoms with Crippen LogP contribution in [0, 0.1) is 13.8 Å². The van der Waals surface area contributed by atoms with E-state index in [-0.39, 0.29) is 27.3 Å². The predicted molar refractivity (Wildman–Crippen MR) is 131 cm³/mol. The van der Waals surface area contributed by atoms with Gasteiger partial charge in [-0.2, -0.15) is 13.2 Å². The maximum atomic E-state index is 13.3. The van der Waals surface area contributed by atoms with Gasteiger partial charge in [-0.1, -0.05) is 12.1 Å². The molecule has 0 bridgehead atoms. The van der Waals surface area contributed by atoms with Crippen molar-refractivity contribution >= 4 is 26.7 Å². The molecule has 0 saturated carbocycles. The van der Waals surface area contributed by atoms with Crippen LogP contribution < -0.4 is 5.73 Å². The number of rotatable bonds is 6. The molecule has 194 valence electrons. The Kier molecular flexibility index (Phi) is 6.55. The van der Waals surface area contributed by atoms with E-state index in [4.69, 9.17) is 5.73 Å². The zero-order valence-corrected chi connectivity index (χ0v) is 20.5. The normalized spacial score (nSPS) is 13.1. The van der Waals surface area contributed by atoms with Gasteiger partial charge in [0.05, 0.1) is 15.4 Å². The van der Waals surface area contributed by atoms with Crippen LogP contribution in [0.3, 0.4) is 0 Å². The predicted octanol–water partition coefficient (Wildman–Crippen LogP) is 4.96. The third-order valence-electron chi connectivity index (χ3n) is 6.29. The Balaban J connectivity index is 1.87. The Bertz CT molecular complexity index is 1620. The molecule has 4 aromatic rings. The van der Waals surface area contributed by atoms with Crippen LogP contribution in [-0.2, 0) is 27.2 Å². The number of alkyl halides is 3. The second-order valence-electron chi connectivity index (χ2n) is 8.79. The minimum atomic E-state index is -4.60. The number of hydrogen-bond acceptors (Lipinski definition) is 5. The summed E-state index contributed by atoms with van der Waals surface area (Å²) in [6.07, 6.45) is -3.37. The summed E-state index contributed by atoms with van der Waals surface area (Å²) in [5, 5.41) is 20.2. The summed E-state index contributed by atoms with van der Waals surface area (Å²) in [6.45, 7) is 3.33. The van der Waals surface area contributed by atoms with Gasteiger partial charge in [0.15, 0.2) is 0 Å². The van der Waals surface area contributed by atoms with Crippen LogP contribution in [-0.4, -0.2) is 35.6 Å². The van der Waals surface area contributed by atoms with Gasteiger partial charge in [0.1, 0.15) is 11.8 Å². The summed E-state index contributed by atoms with van der Waals surface area (Å²) in [5.74, 6) is -1.19. The van der Waals surface area contributed by atoms with E-state index in [1.54, 1.807) is 38.1 Å². The number of carbonyl (C=O) groups is 1. The van der Waals surface area contributed by atoms with Gasteiger partial charge in [0, 0.05) is 17.1 Å². The Labute approximate surface area is 210 Å². The van der Waals surface area contributed by atoms with Crippen LogP contribution in [0.2, 0.25) is 0 Å². The summed E-state index contributed by atoms with van der Waals surface area (Å²) in [4.78, 5) is 13.8. The molecule has 11 heteroatoms. The van der Waals surface area contributed by atoms with Crippen LogP contribution >= 0.6 is 0 Å². The molecule has 1 aromatic heterocycles. The number of hydrogen-bond donors (Lipinski definition) is 4. The van der Waals surface area contributed by atoms with E-state index in [0.717, 1.165) is 12.1 Å². The fourth-order valence-electron chi connectivity index (χ4n) is 4.37. The second kappa shape index (κ2) is 9.24. The third-order valence-corrected chi connectivity index (χ3v) is 8.10. The highest BCUT2D eigenvalue weighted by atomic mass is 32.2. The van der Waals surface area contributed by atoms with Crippen LogP contribution in [0.4, 0.5) is 13.2 Å². The number of H-pyrrole nitrogens is 1. The van der Waals surface area contributed by atoms with E-state index in [9.17, 15) is 36.6 Å². The molecule has 3 aromatic carbocycles. The van der Waals surface area contributed by atoms with Gasteiger partial charge < -0.3 is 20.9 Å². The monoisotopic (exact) mass is 532 g/mol. The molecule has 7 nitrogen and oxygen atoms in total.